The molecule has 52 heavy (non-hydrogen) atoms. The van der Waals surface area contributed by atoms with Gasteiger partial charge in [0.2, 0.25) is 0 Å². The third kappa shape index (κ3) is 15.9. The highest BCUT2D eigenvalue weighted by molar-refractivity contribution is 5.38. The second kappa shape index (κ2) is 25.4. The smallest absolute Gasteiger partial charge is 0.186 e. The SMILES string of the molecule is CCCCCCc1cc(OCCOCCOCCO[C@@H]2O[C@@H](C)[C@H](O)[C@@H](O)[C@H]2O)cc(OCCOCCOCCO[C@@H]2O[C@@H](C)[C@H](O)[C@@H](O)[C@H]2O)c1. The summed E-state index contributed by atoms with van der Waals surface area (Å²) < 4.78 is 55.8. The average molecular weight is 751 g/mol. The van der Waals surface area contributed by atoms with Crippen LogP contribution in [-0.4, -0.2) is 171 Å². The summed E-state index contributed by atoms with van der Waals surface area (Å²) in [7, 11) is 0. The number of aryl methyl sites for hydroxylation is 1. The summed E-state index contributed by atoms with van der Waals surface area (Å²) in [5.74, 6) is 1.39. The van der Waals surface area contributed by atoms with E-state index in [-0.39, 0.29) is 26.4 Å². The molecule has 16 heteroatoms. The number of rotatable bonds is 27. The summed E-state index contributed by atoms with van der Waals surface area (Å²) >= 11 is 0. The maximum absolute atomic E-state index is 9.99. The molecule has 0 aliphatic carbocycles. The van der Waals surface area contributed by atoms with Crippen molar-refractivity contribution in [2.24, 2.45) is 0 Å². The summed E-state index contributed by atoms with van der Waals surface area (Å²) in [6, 6.07) is 5.91. The van der Waals surface area contributed by atoms with Gasteiger partial charge in [0.15, 0.2) is 12.6 Å². The number of benzene rings is 1. The van der Waals surface area contributed by atoms with Crippen molar-refractivity contribution in [3.8, 4) is 11.5 Å². The molecule has 1 aromatic rings. The Kier molecular flexibility index (Phi) is 21.8. The first kappa shape index (κ1) is 44.7. The van der Waals surface area contributed by atoms with Gasteiger partial charge in [-0.3, -0.25) is 0 Å². The first-order valence-electron chi connectivity index (χ1n) is 18.4. The quantitative estimate of drug-likeness (QED) is 0.0669. The van der Waals surface area contributed by atoms with Crippen LogP contribution < -0.4 is 9.47 Å². The summed E-state index contributed by atoms with van der Waals surface area (Å²) in [5, 5.41) is 59.2. The molecule has 0 saturated carbocycles. The molecule has 6 N–H and O–H groups in total. The molecule has 1 aromatic carbocycles. The zero-order valence-corrected chi connectivity index (χ0v) is 30.8. The molecular weight excluding hydrogens is 688 g/mol. The van der Waals surface area contributed by atoms with Crippen LogP contribution in [0, 0.1) is 0 Å². The molecule has 2 fully saturated rings. The van der Waals surface area contributed by atoms with E-state index in [0.717, 1.165) is 24.8 Å². The monoisotopic (exact) mass is 750 g/mol. The summed E-state index contributed by atoms with van der Waals surface area (Å²) in [5.41, 5.74) is 1.13. The van der Waals surface area contributed by atoms with Gasteiger partial charge in [-0.2, -0.15) is 0 Å². The molecule has 3 rings (SSSR count). The van der Waals surface area contributed by atoms with Crippen LogP contribution in [0.25, 0.3) is 0 Å². The van der Waals surface area contributed by atoms with Crippen LogP contribution in [0.1, 0.15) is 52.0 Å². The molecule has 2 heterocycles. The second-order valence-electron chi connectivity index (χ2n) is 12.9. The largest absolute Gasteiger partial charge is 0.491 e. The molecule has 16 nitrogen and oxygen atoms in total. The standard InChI is InChI=1S/C36H62O16/c1-4-5-6-7-8-26-21-27(47-17-13-43-9-11-45-15-19-49-35-33(41)31(39)29(37)24(2)51-35)23-28(22-26)48-18-14-44-10-12-46-16-20-50-36-34(42)32(40)30(38)25(3)52-36/h21-25,29-42H,4-20H2,1-3H3/t24-,25-,29-,30-,31+,32+,33+,34+,35+,36+/m0/s1. The highest BCUT2D eigenvalue weighted by Gasteiger charge is 2.43. The lowest BCUT2D eigenvalue weighted by atomic mass is 10.0. The first-order valence-corrected chi connectivity index (χ1v) is 18.4. The van der Waals surface area contributed by atoms with Crippen molar-refractivity contribution in [3.63, 3.8) is 0 Å². The third-order valence-corrected chi connectivity index (χ3v) is 8.63. The minimum atomic E-state index is -1.34. The van der Waals surface area contributed by atoms with Gasteiger partial charge >= 0.3 is 0 Å². The van der Waals surface area contributed by atoms with Gasteiger partial charge in [-0.05, 0) is 44.4 Å². The van der Waals surface area contributed by atoms with E-state index in [1.807, 2.05) is 18.2 Å². The van der Waals surface area contributed by atoms with E-state index in [1.54, 1.807) is 13.8 Å². The van der Waals surface area contributed by atoms with Crippen LogP contribution in [0.3, 0.4) is 0 Å². The van der Waals surface area contributed by atoms with Crippen LogP contribution in [0.5, 0.6) is 11.5 Å². The Labute approximate surface area is 306 Å². The number of aliphatic hydroxyl groups is 6. The normalized spacial score (nSPS) is 29.3. The number of unbranched alkanes of at least 4 members (excludes halogenated alkanes) is 3. The molecule has 0 amide bonds. The van der Waals surface area contributed by atoms with Gasteiger partial charge in [-0.1, -0.05) is 26.2 Å². The minimum absolute atomic E-state index is 0.140. The van der Waals surface area contributed by atoms with E-state index in [0.29, 0.717) is 64.4 Å². The van der Waals surface area contributed by atoms with E-state index < -0.39 is 61.4 Å². The highest BCUT2D eigenvalue weighted by Crippen LogP contribution is 2.25. The fourth-order valence-electron chi connectivity index (χ4n) is 5.53. The molecular formula is C36H62O16. The van der Waals surface area contributed by atoms with Crippen molar-refractivity contribution in [1.82, 2.24) is 0 Å². The predicted octanol–water partition coefficient (Wildman–Crippen LogP) is 0.322. The molecule has 0 spiro atoms. The number of ether oxygens (including phenoxy) is 10. The summed E-state index contributed by atoms with van der Waals surface area (Å²) in [6.45, 7) is 8.93. The van der Waals surface area contributed by atoms with Gasteiger partial charge in [-0.25, -0.2) is 0 Å². The highest BCUT2D eigenvalue weighted by atomic mass is 16.7. The molecule has 10 atom stereocenters. The van der Waals surface area contributed by atoms with Crippen LogP contribution in [0.2, 0.25) is 0 Å². The molecule has 2 saturated heterocycles. The van der Waals surface area contributed by atoms with Crippen molar-refractivity contribution in [2.45, 2.75) is 114 Å². The Morgan fingerprint density at radius 1 is 0.481 bits per heavy atom. The van der Waals surface area contributed by atoms with Gasteiger partial charge in [0.05, 0.1) is 78.3 Å². The number of hydrogen-bond donors (Lipinski definition) is 6. The van der Waals surface area contributed by atoms with Gasteiger partial charge in [0.25, 0.3) is 0 Å². The van der Waals surface area contributed by atoms with Gasteiger partial charge < -0.3 is 78.0 Å². The maximum atomic E-state index is 9.99. The topological polar surface area (TPSA) is 214 Å². The van der Waals surface area contributed by atoms with E-state index in [2.05, 4.69) is 6.92 Å². The van der Waals surface area contributed by atoms with Crippen molar-refractivity contribution in [1.29, 1.82) is 0 Å². The van der Waals surface area contributed by atoms with Crippen molar-refractivity contribution in [3.05, 3.63) is 23.8 Å². The zero-order valence-electron chi connectivity index (χ0n) is 30.8. The minimum Gasteiger partial charge on any atom is -0.491 e. The zero-order chi connectivity index (χ0) is 37.7. The average Bonchev–Trinajstić information content (AvgIpc) is 3.13. The lowest BCUT2D eigenvalue weighted by Gasteiger charge is -2.38. The van der Waals surface area contributed by atoms with Crippen LogP contribution in [-0.2, 0) is 44.3 Å². The van der Waals surface area contributed by atoms with Crippen LogP contribution >= 0.6 is 0 Å². The first-order chi connectivity index (χ1) is 25.1. The number of hydrogen-bond acceptors (Lipinski definition) is 16. The van der Waals surface area contributed by atoms with Crippen LogP contribution in [0.4, 0.5) is 0 Å². The summed E-state index contributed by atoms with van der Waals surface area (Å²) in [6.07, 6.45) is -5.59. The lowest BCUT2D eigenvalue weighted by molar-refractivity contribution is -0.294. The van der Waals surface area contributed by atoms with E-state index in [4.69, 9.17) is 47.4 Å². The Balaban J connectivity index is 1.25. The molecule has 302 valence electrons. The van der Waals surface area contributed by atoms with Gasteiger partial charge in [0, 0.05) is 6.07 Å². The van der Waals surface area contributed by atoms with E-state index in [1.165, 1.54) is 12.8 Å². The molecule has 0 aromatic heterocycles. The van der Waals surface area contributed by atoms with Gasteiger partial charge in [-0.15, -0.1) is 0 Å². The van der Waals surface area contributed by atoms with Crippen molar-refractivity contribution in [2.75, 3.05) is 79.3 Å². The summed E-state index contributed by atoms with van der Waals surface area (Å²) in [4.78, 5) is 0. The van der Waals surface area contributed by atoms with Crippen LogP contribution in [0.15, 0.2) is 18.2 Å². The van der Waals surface area contributed by atoms with E-state index in [9.17, 15) is 30.6 Å². The Morgan fingerprint density at radius 2 is 0.885 bits per heavy atom. The molecule has 0 unspecified atom stereocenters. The van der Waals surface area contributed by atoms with E-state index >= 15 is 0 Å². The predicted molar refractivity (Wildman–Crippen MR) is 185 cm³/mol. The van der Waals surface area contributed by atoms with Crippen molar-refractivity contribution < 1.29 is 78.0 Å². The van der Waals surface area contributed by atoms with Gasteiger partial charge in [0.1, 0.15) is 61.3 Å². The van der Waals surface area contributed by atoms with Crippen molar-refractivity contribution >= 4 is 0 Å². The Hall–Kier alpha value is -1.74. The molecule has 0 bridgehead atoms. The Bertz CT molecular complexity index is 995. The fraction of sp³-hybridized carbons (Fsp3) is 0.833. The Morgan fingerprint density at radius 3 is 1.31 bits per heavy atom. The molecule has 2 aliphatic rings. The fourth-order valence-corrected chi connectivity index (χ4v) is 5.53. The third-order valence-electron chi connectivity index (χ3n) is 8.63. The lowest BCUT2D eigenvalue weighted by Crippen LogP contribution is -2.57. The molecule has 0 radical (unpaired) electrons. The number of aliphatic hydroxyl groups excluding tert-OH is 6. The second-order valence-corrected chi connectivity index (χ2v) is 12.9. The molecule has 2 aliphatic heterocycles. The maximum Gasteiger partial charge on any atom is 0.186 e.